The fourth-order valence-electron chi connectivity index (χ4n) is 2.01. The van der Waals surface area contributed by atoms with E-state index in [1.54, 1.807) is 0 Å². The lowest BCUT2D eigenvalue weighted by Crippen LogP contribution is -2.23. The van der Waals surface area contributed by atoms with Crippen LogP contribution >= 0.6 is 0 Å². The fourth-order valence-corrected chi connectivity index (χ4v) is 2.01. The highest BCUT2D eigenvalue weighted by Crippen LogP contribution is 2.27. The van der Waals surface area contributed by atoms with Crippen LogP contribution in [0.25, 0.3) is 0 Å². The number of rotatable bonds is 4. The number of hydrogen-bond donors (Lipinski definition) is 2. The molecule has 2 N–H and O–H groups in total. The number of nitrogens with one attached hydrogen (secondary N) is 1. The lowest BCUT2D eigenvalue weighted by molar-refractivity contribution is 0.133. The van der Waals surface area contributed by atoms with Crippen molar-refractivity contribution in [3.05, 3.63) is 71.8 Å². The summed E-state index contributed by atoms with van der Waals surface area (Å²) in [6.45, 7) is 0. The fraction of sp³-hybridized carbons (Fsp3) is 0.200. The van der Waals surface area contributed by atoms with E-state index in [1.807, 2.05) is 67.7 Å². The molecule has 0 unspecified atom stereocenters. The summed E-state index contributed by atoms with van der Waals surface area (Å²) in [5.41, 5.74) is 2.02. The van der Waals surface area contributed by atoms with Crippen LogP contribution in [0, 0.1) is 0 Å². The Labute approximate surface area is 102 Å². The third kappa shape index (κ3) is 2.73. The molecule has 0 aliphatic heterocycles. The maximum Gasteiger partial charge on any atom is 0.0984 e. The van der Waals surface area contributed by atoms with Crippen LogP contribution in [0.1, 0.15) is 23.3 Å². The summed E-state index contributed by atoms with van der Waals surface area (Å²) in [6.07, 6.45) is -0.538. The van der Waals surface area contributed by atoms with E-state index >= 15 is 0 Å². The molecule has 0 saturated carbocycles. The topological polar surface area (TPSA) is 32.3 Å². The van der Waals surface area contributed by atoms with Gasteiger partial charge in [-0.05, 0) is 18.2 Å². The number of hydrogen-bond acceptors (Lipinski definition) is 2. The van der Waals surface area contributed by atoms with Crippen LogP contribution in [0.3, 0.4) is 0 Å². The molecule has 2 nitrogen and oxygen atoms in total. The summed E-state index contributed by atoms with van der Waals surface area (Å²) in [4.78, 5) is 0. The molecule has 0 saturated heterocycles. The molecule has 0 amide bonds. The highest BCUT2D eigenvalue weighted by molar-refractivity contribution is 5.25. The second kappa shape index (κ2) is 5.62. The molecule has 0 aliphatic carbocycles. The Morgan fingerprint density at radius 3 is 1.76 bits per heavy atom. The SMILES string of the molecule is CN[C@@H](c1ccccc1)[C@H](O)c1ccccc1. The molecule has 0 heterocycles. The molecule has 0 fully saturated rings. The number of benzene rings is 2. The van der Waals surface area contributed by atoms with Crippen LogP contribution in [-0.2, 0) is 0 Å². The van der Waals surface area contributed by atoms with Crippen LogP contribution in [-0.4, -0.2) is 12.2 Å². The minimum atomic E-state index is -0.538. The van der Waals surface area contributed by atoms with E-state index in [9.17, 15) is 5.11 Å². The maximum atomic E-state index is 10.4. The Bertz CT molecular complexity index is 441. The predicted octanol–water partition coefficient (Wildman–Crippen LogP) is 2.68. The number of aliphatic hydroxyl groups excluding tert-OH is 1. The summed E-state index contributed by atoms with van der Waals surface area (Å²) < 4.78 is 0. The van der Waals surface area contributed by atoms with E-state index in [4.69, 9.17) is 0 Å². The van der Waals surface area contributed by atoms with Crippen molar-refractivity contribution in [3.63, 3.8) is 0 Å². The molecule has 0 spiro atoms. The van der Waals surface area contributed by atoms with Gasteiger partial charge in [0.25, 0.3) is 0 Å². The van der Waals surface area contributed by atoms with Gasteiger partial charge in [-0.25, -0.2) is 0 Å². The van der Waals surface area contributed by atoms with E-state index in [0.717, 1.165) is 11.1 Å². The summed E-state index contributed by atoms with van der Waals surface area (Å²) in [5, 5.41) is 13.5. The molecular formula is C15H17NO. The molecule has 2 rings (SSSR count). The van der Waals surface area contributed by atoms with Gasteiger partial charge in [-0.15, -0.1) is 0 Å². The highest BCUT2D eigenvalue weighted by Gasteiger charge is 2.20. The lowest BCUT2D eigenvalue weighted by atomic mass is 9.96. The van der Waals surface area contributed by atoms with Gasteiger partial charge in [0.15, 0.2) is 0 Å². The Hall–Kier alpha value is -1.64. The Morgan fingerprint density at radius 2 is 1.29 bits per heavy atom. The summed E-state index contributed by atoms with van der Waals surface area (Å²) in [6, 6.07) is 19.6. The van der Waals surface area contributed by atoms with Crippen molar-refractivity contribution in [1.82, 2.24) is 5.32 Å². The molecule has 2 atom stereocenters. The molecule has 17 heavy (non-hydrogen) atoms. The van der Waals surface area contributed by atoms with Crippen LogP contribution in [0.5, 0.6) is 0 Å². The number of likely N-dealkylation sites (N-methyl/N-ethyl adjacent to an activating group) is 1. The minimum absolute atomic E-state index is 0.0846. The first-order valence-corrected chi connectivity index (χ1v) is 5.78. The lowest BCUT2D eigenvalue weighted by Gasteiger charge is -2.23. The second-order valence-corrected chi connectivity index (χ2v) is 4.03. The van der Waals surface area contributed by atoms with Gasteiger partial charge >= 0.3 is 0 Å². The van der Waals surface area contributed by atoms with E-state index in [0.29, 0.717) is 0 Å². The Balaban J connectivity index is 2.25. The van der Waals surface area contributed by atoms with Gasteiger partial charge in [0.1, 0.15) is 0 Å². The monoisotopic (exact) mass is 227 g/mol. The molecule has 88 valence electrons. The van der Waals surface area contributed by atoms with E-state index in [2.05, 4.69) is 5.32 Å². The average Bonchev–Trinajstić information content (AvgIpc) is 2.42. The van der Waals surface area contributed by atoms with Gasteiger partial charge in [-0.3, -0.25) is 0 Å². The largest absolute Gasteiger partial charge is 0.386 e. The molecule has 0 bridgehead atoms. The quantitative estimate of drug-likeness (QED) is 0.841. The third-order valence-electron chi connectivity index (χ3n) is 2.93. The van der Waals surface area contributed by atoms with Crippen molar-refractivity contribution in [2.45, 2.75) is 12.1 Å². The molecule has 0 radical (unpaired) electrons. The van der Waals surface area contributed by atoms with Crippen molar-refractivity contribution < 1.29 is 5.11 Å². The molecule has 2 heteroatoms. The minimum Gasteiger partial charge on any atom is -0.386 e. The zero-order valence-electron chi connectivity index (χ0n) is 9.88. The van der Waals surface area contributed by atoms with E-state index < -0.39 is 6.10 Å². The van der Waals surface area contributed by atoms with Crippen LogP contribution in [0.15, 0.2) is 60.7 Å². The normalized spacial score (nSPS) is 14.2. The first-order valence-electron chi connectivity index (χ1n) is 5.78. The van der Waals surface area contributed by atoms with Gasteiger partial charge in [-0.1, -0.05) is 60.7 Å². The standard InChI is InChI=1S/C15H17NO/c1-16-14(12-8-4-2-5-9-12)15(17)13-10-6-3-7-11-13/h2-11,14-17H,1H3/t14-,15+/m0/s1. The first kappa shape index (κ1) is 11.8. The smallest absolute Gasteiger partial charge is 0.0984 e. The van der Waals surface area contributed by atoms with Crippen LogP contribution in [0.4, 0.5) is 0 Å². The van der Waals surface area contributed by atoms with Gasteiger partial charge in [0.2, 0.25) is 0 Å². The van der Waals surface area contributed by atoms with Crippen molar-refractivity contribution in [1.29, 1.82) is 0 Å². The third-order valence-corrected chi connectivity index (χ3v) is 2.93. The second-order valence-electron chi connectivity index (χ2n) is 4.03. The van der Waals surface area contributed by atoms with Crippen molar-refractivity contribution in [2.24, 2.45) is 0 Å². The summed E-state index contributed by atoms with van der Waals surface area (Å²) in [7, 11) is 1.86. The predicted molar refractivity (Wildman–Crippen MR) is 69.6 cm³/mol. The highest BCUT2D eigenvalue weighted by atomic mass is 16.3. The maximum absolute atomic E-state index is 10.4. The zero-order chi connectivity index (χ0) is 12.1. The van der Waals surface area contributed by atoms with Gasteiger partial charge < -0.3 is 10.4 Å². The zero-order valence-corrected chi connectivity index (χ0v) is 9.88. The average molecular weight is 227 g/mol. The molecule has 0 aliphatic rings. The van der Waals surface area contributed by atoms with Gasteiger partial charge in [-0.2, -0.15) is 0 Å². The van der Waals surface area contributed by atoms with E-state index in [1.165, 1.54) is 0 Å². The summed E-state index contributed by atoms with van der Waals surface area (Å²) in [5.74, 6) is 0. The number of aliphatic hydroxyl groups is 1. The van der Waals surface area contributed by atoms with Crippen LogP contribution < -0.4 is 5.32 Å². The molecule has 0 aromatic heterocycles. The molecule has 2 aromatic rings. The first-order chi connectivity index (χ1) is 8.33. The Morgan fingerprint density at radius 1 is 0.824 bits per heavy atom. The van der Waals surface area contributed by atoms with Gasteiger partial charge in [0, 0.05) is 0 Å². The van der Waals surface area contributed by atoms with Gasteiger partial charge in [0.05, 0.1) is 12.1 Å². The Kier molecular flexibility index (Phi) is 3.91. The molecule has 2 aromatic carbocycles. The van der Waals surface area contributed by atoms with Crippen LogP contribution in [0.2, 0.25) is 0 Å². The summed E-state index contributed by atoms with van der Waals surface area (Å²) >= 11 is 0. The van der Waals surface area contributed by atoms with Crippen molar-refractivity contribution in [2.75, 3.05) is 7.05 Å². The van der Waals surface area contributed by atoms with E-state index in [-0.39, 0.29) is 6.04 Å². The van der Waals surface area contributed by atoms with Crippen molar-refractivity contribution in [3.8, 4) is 0 Å². The van der Waals surface area contributed by atoms with Crippen molar-refractivity contribution >= 4 is 0 Å². The molecular weight excluding hydrogens is 210 g/mol.